The maximum absolute atomic E-state index is 12.2. The summed E-state index contributed by atoms with van der Waals surface area (Å²) in [6.45, 7) is 2.46. The summed E-state index contributed by atoms with van der Waals surface area (Å²) in [6.07, 6.45) is 0.294. The van der Waals surface area contributed by atoms with Crippen LogP contribution in [0.4, 0.5) is 11.4 Å². The number of hydrogen-bond donors (Lipinski definition) is 2. The standard InChI is InChI=1S/C19H23ClN2O4/c1-12-5-6-13(20)9-15(12)21-8-7-18(23)22-14-10-16(24-2)19(26-4)17(11-14)25-3/h5-6,9-11,21H,7-8H2,1-4H3,(H,22,23). The molecular formula is C19H23ClN2O4. The predicted octanol–water partition coefficient (Wildman–Crippen LogP) is 4.11. The number of hydrogen-bond acceptors (Lipinski definition) is 5. The van der Waals surface area contributed by atoms with Crippen LogP contribution in [0.2, 0.25) is 5.02 Å². The van der Waals surface area contributed by atoms with Crippen molar-refractivity contribution in [2.75, 3.05) is 38.5 Å². The molecule has 2 aromatic rings. The first kappa shape index (κ1) is 19.7. The molecule has 7 heteroatoms. The number of benzene rings is 2. The molecule has 2 N–H and O–H groups in total. The van der Waals surface area contributed by atoms with Gasteiger partial charge in [-0.3, -0.25) is 4.79 Å². The van der Waals surface area contributed by atoms with Gasteiger partial charge in [-0.25, -0.2) is 0 Å². The lowest BCUT2D eigenvalue weighted by atomic mass is 10.2. The Morgan fingerprint density at radius 1 is 1.04 bits per heavy atom. The first-order valence-electron chi connectivity index (χ1n) is 8.08. The van der Waals surface area contributed by atoms with E-state index in [1.807, 2.05) is 25.1 Å². The van der Waals surface area contributed by atoms with Crippen molar-refractivity contribution in [3.05, 3.63) is 40.9 Å². The van der Waals surface area contributed by atoms with Crippen LogP contribution in [0, 0.1) is 6.92 Å². The Morgan fingerprint density at radius 3 is 2.27 bits per heavy atom. The third-order valence-electron chi connectivity index (χ3n) is 3.82. The molecule has 0 bridgehead atoms. The maximum Gasteiger partial charge on any atom is 0.226 e. The van der Waals surface area contributed by atoms with E-state index < -0.39 is 0 Å². The van der Waals surface area contributed by atoms with Gasteiger partial charge < -0.3 is 24.8 Å². The summed E-state index contributed by atoms with van der Waals surface area (Å²) < 4.78 is 15.8. The summed E-state index contributed by atoms with van der Waals surface area (Å²) >= 11 is 5.99. The zero-order chi connectivity index (χ0) is 19.1. The molecule has 0 aromatic heterocycles. The smallest absolute Gasteiger partial charge is 0.226 e. The maximum atomic E-state index is 12.2. The number of aryl methyl sites for hydroxylation is 1. The fourth-order valence-corrected chi connectivity index (χ4v) is 2.64. The first-order chi connectivity index (χ1) is 12.5. The highest BCUT2D eigenvalue weighted by atomic mass is 35.5. The van der Waals surface area contributed by atoms with Crippen molar-refractivity contribution in [1.82, 2.24) is 0 Å². The van der Waals surface area contributed by atoms with E-state index in [0.29, 0.717) is 40.9 Å². The minimum Gasteiger partial charge on any atom is -0.493 e. The normalized spacial score (nSPS) is 10.2. The zero-order valence-corrected chi connectivity index (χ0v) is 16.1. The van der Waals surface area contributed by atoms with Crippen LogP contribution in [-0.4, -0.2) is 33.8 Å². The van der Waals surface area contributed by atoms with E-state index in [1.54, 1.807) is 12.1 Å². The van der Waals surface area contributed by atoms with Gasteiger partial charge in [0.1, 0.15) is 0 Å². The molecule has 2 rings (SSSR count). The second-order valence-electron chi connectivity index (χ2n) is 5.60. The second-order valence-corrected chi connectivity index (χ2v) is 6.03. The SMILES string of the molecule is COc1cc(NC(=O)CCNc2cc(Cl)ccc2C)cc(OC)c1OC. The minimum atomic E-state index is -0.133. The number of halogens is 1. The molecule has 0 atom stereocenters. The van der Waals surface area contributed by atoms with Crippen molar-refractivity contribution in [3.63, 3.8) is 0 Å². The third kappa shape index (κ3) is 4.95. The van der Waals surface area contributed by atoms with Gasteiger partial charge in [0.05, 0.1) is 21.3 Å². The molecule has 1 amide bonds. The lowest BCUT2D eigenvalue weighted by Gasteiger charge is -2.15. The summed E-state index contributed by atoms with van der Waals surface area (Å²) in [5.41, 5.74) is 2.56. The molecule has 0 spiro atoms. The molecule has 0 aliphatic heterocycles. The third-order valence-corrected chi connectivity index (χ3v) is 4.05. The number of ether oxygens (including phenoxy) is 3. The van der Waals surface area contributed by atoms with Crippen molar-refractivity contribution in [2.24, 2.45) is 0 Å². The predicted molar refractivity (Wildman–Crippen MR) is 104 cm³/mol. The first-order valence-corrected chi connectivity index (χ1v) is 8.46. The van der Waals surface area contributed by atoms with Gasteiger partial charge in [0.2, 0.25) is 11.7 Å². The Kier molecular flexibility index (Phi) is 6.97. The number of amides is 1. The van der Waals surface area contributed by atoms with Gasteiger partial charge in [-0.05, 0) is 24.6 Å². The number of methoxy groups -OCH3 is 3. The lowest BCUT2D eigenvalue weighted by molar-refractivity contribution is -0.115. The Bertz CT molecular complexity index is 755. The van der Waals surface area contributed by atoms with Gasteiger partial charge in [0, 0.05) is 41.5 Å². The summed E-state index contributed by atoms with van der Waals surface area (Å²) in [6, 6.07) is 8.98. The van der Waals surface area contributed by atoms with E-state index in [9.17, 15) is 4.79 Å². The van der Waals surface area contributed by atoms with Crippen LogP contribution in [0.15, 0.2) is 30.3 Å². The second kappa shape index (κ2) is 9.20. The van der Waals surface area contributed by atoms with E-state index in [2.05, 4.69) is 10.6 Å². The Labute approximate surface area is 158 Å². The van der Waals surface area contributed by atoms with E-state index >= 15 is 0 Å². The number of anilines is 2. The summed E-state index contributed by atoms with van der Waals surface area (Å²) in [5.74, 6) is 1.31. The molecule has 6 nitrogen and oxygen atoms in total. The molecule has 26 heavy (non-hydrogen) atoms. The molecule has 2 aromatic carbocycles. The van der Waals surface area contributed by atoms with Crippen LogP contribution in [0.1, 0.15) is 12.0 Å². The molecule has 140 valence electrons. The van der Waals surface area contributed by atoms with Gasteiger partial charge in [-0.2, -0.15) is 0 Å². The number of carbonyl (C=O) groups excluding carboxylic acids is 1. The largest absolute Gasteiger partial charge is 0.493 e. The average molecular weight is 379 g/mol. The minimum absolute atomic E-state index is 0.133. The van der Waals surface area contributed by atoms with Crippen LogP contribution < -0.4 is 24.8 Å². The molecule has 0 heterocycles. The highest BCUT2D eigenvalue weighted by Crippen LogP contribution is 2.39. The fourth-order valence-electron chi connectivity index (χ4n) is 2.47. The van der Waals surface area contributed by atoms with Gasteiger partial charge >= 0.3 is 0 Å². The lowest BCUT2D eigenvalue weighted by Crippen LogP contribution is -2.16. The number of rotatable bonds is 8. The molecular weight excluding hydrogens is 356 g/mol. The quantitative estimate of drug-likeness (QED) is 0.723. The van der Waals surface area contributed by atoms with Crippen LogP contribution in [0.5, 0.6) is 17.2 Å². The van der Waals surface area contributed by atoms with Crippen molar-refractivity contribution >= 4 is 28.9 Å². The summed E-state index contributed by atoms with van der Waals surface area (Å²) in [4.78, 5) is 12.2. The van der Waals surface area contributed by atoms with Crippen molar-refractivity contribution in [2.45, 2.75) is 13.3 Å². The highest BCUT2D eigenvalue weighted by molar-refractivity contribution is 6.30. The zero-order valence-electron chi connectivity index (χ0n) is 15.3. The van der Waals surface area contributed by atoms with Gasteiger partial charge in [0.25, 0.3) is 0 Å². The van der Waals surface area contributed by atoms with Gasteiger partial charge in [0.15, 0.2) is 11.5 Å². The highest BCUT2D eigenvalue weighted by Gasteiger charge is 2.14. The molecule has 0 aliphatic carbocycles. The molecule has 0 aliphatic rings. The molecule has 0 saturated heterocycles. The monoisotopic (exact) mass is 378 g/mol. The number of nitrogens with one attached hydrogen (secondary N) is 2. The van der Waals surface area contributed by atoms with Crippen LogP contribution in [0.3, 0.4) is 0 Å². The van der Waals surface area contributed by atoms with Crippen molar-refractivity contribution in [3.8, 4) is 17.2 Å². The van der Waals surface area contributed by atoms with Crippen molar-refractivity contribution < 1.29 is 19.0 Å². The molecule has 0 saturated carbocycles. The van der Waals surface area contributed by atoms with Gasteiger partial charge in [-0.1, -0.05) is 17.7 Å². The van der Waals surface area contributed by atoms with Crippen LogP contribution in [-0.2, 0) is 4.79 Å². The van der Waals surface area contributed by atoms with Gasteiger partial charge in [-0.15, -0.1) is 0 Å². The topological polar surface area (TPSA) is 68.8 Å². The molecule has 0 fully saturated rings. The van der Waals surface area contributed by atoms with Crippen LogP contribution >= 0.6 is 11.6 Å². The van der Waals surface area contributed by atoms with E-state index in [0.717, 1.165) is 11.3 Å². The van der Waals surface area contributed by atoms with Crippen LogP contribution in [0.25, 0.3) is 0 Å². The Balaban J connectivity index is 1.98. The van der Waals surface area contributed by atoms with E-state index in [-0.39, 0.29) is 5.91 Å². The van der Waals surface area contributed by atoms with Crippen molar-refractivity contribution in [1.29, 1.82) is 0 Å². The Hall–Kier alpha value is -2.60. The number of carbonyl (C=O) groups is 1. The Morgan fingerprint density at radius 2 is 1.69 bits per heavy atom. The molecule has 0 radical (unpaired) electrons. The van der Waals surface area contributed by atoms with E-state index in [1.165, 1.54) is 21.3 Å². The van der Waals surface area contributed by atoms with E-state index in [4.69, 9.17) is 25.8 Å². The fraction of sp³-hybridized carbons (Fsp3) is 0.316. The summed E-state index contributed by atoms with van der Waals surface area (Å²) in [5, 5.41) is 6.71. The summed E-state index contributed by atoms with van der Waals surface area (Å²) in [7, 11) is 4.59. The molecule has 0 unspecified atom stereocenters. The average Bonchev–Trinajstić information content (AvgIpc) is 2.63.